The fourth-order valence-electron chi connectivity index (χ4n) is 5.48. The third-order valence-corrected chi connectivity index (χ3v) is 7.02. The van der Waals surface area contributed by atoms with Crippen LogP contribution in [0.25, 0.3) is 0 Å². The summed E-state index contributed by atoms with van der Waals surface area (Å²) in [5.74, 6) is 2.25. The summed E-state index contributed by atoms with van der Waals surface area (Å²) in [7, 11) is 0. The van der Waals surface area contributed by atoms with Crippen molar-refractivity contribution in [1.82, 2.24) is 0 Å². The Morgan fingerprint density at radius 1 is 1.08 bits per heavy atom. The molecule has 0 spiro atoms. The quantitative estimate of drug-likeness (QED) is 0.639. The number of anilines is 1. The lowest BCUT2D eigenvalue weighted by molar-refractivity contribution is -0.164. The van der Waals surface area contributed by atoms with Crippen molar-refractivity contribution >= 4 is 29.3 Å². The van der Waals surface area contributed by atoms with Crippen molar-refractivity contribution in [2.45, 2.75) is 37.0 Å². The Bertz CT molecular complexity index is 647. The van der Waals surface area contributed by atoms with Gasteiger partial charge in [-0.15, -0.1) is 11.8 Å². The topological polar surface area (TPSA) is 55.4 Å². The number of esters is 1. The molecule has 0 atom stereocenters. The highest BCUT2D eigenvalue weighted by Crippen LogP contribution is 2.56. The van der Waals surface area contributed by atoms with E-state index in [1.54, 1.807) is 11.8 Å². The third kappa shape index (κ3) is 3.43. The van der Waals surface area contributed by atoms with Gasteiger partial charge in [0.2, 0.25) is 0 Å². The molecule has 0 aromatic heterocycles. The first-order valence-corrected chi connectivity index (χ1v) is 10.5. The first-order valence-electron chi connectivity index (χ1n) is 9.23. The number of para-hydroxylation sites is 1. The molecule has 5 heteroatoms. The van der Waals surface area contributed by atoms with E-state index in [1.807, 2.05) is 30.5 Å². The molecule has 1 amide bonds. The van der Waals surface area contributed by atoms with Gasteiger partial charge in [0.1, 0.15) is 0 Å². The van der Waals surface area contributed by atoms with Crippen LogP contribution >= 0.6 is 11.8 Å². The summed E-state index contributed by atoms with van der Waals surface area (Å²) in [5.41, 5.74) is 0.769. The lowest BCUT2D eigenvalue weighted by Gasteiger charge is -2.53. The molecule has 0 heterocycles. The summed E-state index contributed by atoms with van der Waals surface area (Å²) in [4.78, 5) is 25.8. The minimum absolute atomic E-state index is 0.0269. The zero-order chi connectivity index (χ0) is 17.4. The van der Waals surface area contributed by atoms with Gasteiger partial charge in [0.15, 0.2) is 6.61 Å². The van der Waals surface area contributed by atoms with Crippen LogP contribution in [0.15, 0.2) is 29.2 Å². The number of hydrogen-bond acceptors (Lipinski definition) is 4. The van der Waals surface area contributed by atoms with Crippen molar-refractivity contribution in [3.8, 4) is 0 Å². The van der Waals surface area contributed by atoms with Gasteiger partial charge in [0.25, 0.3) is 5.91 Å². The highest BCUT2D eigenvalue weighted by molar-refractivity contribution is 7.98. The van der Waals surface area contributed by atoms with E-state index in [9.17, 15) is 9.59 Å². The van der Waals surface area contributed by atoms with Gasteiger partial charge in [-0.25, -0.2) is 0 Å². The van der Waals surface area contributed by atoms with E-state index in [0.717, 1.165) is 22.4 Å². The Morgan fingerprint density at radius 3 is 2.36 bits per heavy atom. The molecule has 4 bridgehead atoms. The van der Waals surface area contributed by atoms with Crippen LogP contribution in [-0.4, -0.2) is 24.7 Å². The van der Waals surface area contributed by atoms with Crippen LogP contribution in [0.4, 0.5) is 5.69 Å². The number of hydrogen-bond donors (Lipinski definition) is 1. The van der Waals surface area contributed by atoms with Crippen molar-refractivity contribution in [1.29, 1.82) is 0 Å². The number of benzene rings is 1. The number of carbonyl (C=O) groups is 2. The summed E-state index contributed by atoms with van der Waals surface area (Å²) in [6, 6.07) is 7.65. The number of carbonyl (C=O) groups excluding carboxylic acids is 2. The Hall–Kier alpha value is -1.49. The number of rotatable bonds is 5. The van der Waals surface area contributed by atoms with E-state index >= 15 is 0 Å². The van der Waals surface area contributed by atoms with Gasteiger partial charge < -0.3 is 10.1 Å². The second-order valence-corrected chi connectivity index (χ2v) is 8.66. The van der Waals surface area contributed by atoms with E-state index in [4.69, 9.17) is 4.74 Å². The summed E-state index contributed by atoms with van der Waals surface area (Å²) in [5, 5.41) is 2.85. The maximum absolute atomic E-state index is 12.6. The monoisotopic (exact) mass is 359 g/mol. The number of ether oxygens (including phenoxy) is 1. The molecule has 1 aromatic carbocycles. The van der Waals surface area contributed by atoms with E-state index in [2.05, 4.69) is 5.32 Å². The maximum Gasteiger partial charge on any atom is 0.310 e. The van der Waals surface area contributed by atoms with Crippen LogP contribution in [0.1, 0.15) is 32.1 Å². The van der Waals surface area contributed by atoms with Crippen molar-refractivity contribution in [2.24, 2.45) is 29.6 Å². The fraction of sp³-hybridized carbons (Fsp3) is 0.600. The Balaban J connectivity index is 1.32. The van der Waals surface area contributed by atoms with Crippen LogP contribution in [-0.2, 0) is 14.3 Å². The average molecular weight is 359 g/mol. The van der Waals surface area contributed by atoms with Gasteiger partial charge in [-0.2, -0.15) is 0 Å². The van der Waals surface area contributed by atoms with Crippen molar-refractivity contribution in [2.75, 3.05) is 18.2 Å². The molecule has 4 aliphatic rings. The second kappa shape index (κ2) is 7.02. The number of thioether (sulfide) groups is 1. The molecular weight excluding hydrogens is 334 g/mol. The zero-order valence-corrected chi connectivity index (χ0v) is 15.4. The van der Waals surface area contributed by atoms with Gasteiger partial charge in [-0.3, -0.25) is 9.59 Å². The van der Waals surface area contributed by atoms with Crippen LogP contribution in [0, 0.1) is 29.6 Å². The standard InChI is InChI=1S/C20H25NO3S/c1-25-17-5-3-2-4-16(17)21-18(22)11-24-20(23)19-14-7-12-6-13(9-14)10-15(19)8-12/h2-5,12-15,19H,6-11H2,1H3,(H,21,22). The largest absolute Gasteiger partial charge is 0.455 e. The zero-order valence-electron chi connectivity index (χ0n) is 14.6. The van der Waals surface area contributed by atoms with Crippen molar-refractivity contribution in [3.05, 3.63) is 24.3 Å². The first-order chi connectivity index (χ1) is 12.1. The van der Waals surface area contributed by atoms with Gasteiger partial charge in [0, 0.05) is 4.90 Å². The van der Waals surface area contributed by atoms with Gasteiger partial charge in [0.05, 0.1) is 11.6 Å². The Morgan fingerprint density at radius 2 is 1.72 bits per heavy atom. The highest BCUT2D eigenvalue weighted by atomic mass is 32.2. The number of amides is 1. The van der Waals surface area contributed by atoms with E-state index in [-0.39, 0.29) is 24.4 Å². The summed E-state index contributed by atoms with van der Waals surface area (Å²) < 4.78 is 5.42. The third-order valence-electron chi connectivity index (χ3n) is 6.23. The molecule has 0 radical (unpaired) electrons. The predicted octanol–water partition coefficient (Wildman–Crippen LogP) is 3.96. The van der Waals surface area contributed by atoms with Crippen molar-refractivity contribution in [3.63, 3.8) is 0 Å². The minimum atomic E-state index is -0.265. The molecule has 134 valence electrons. The predicted molar refractivity (Wildman–Crippen MR) is 98.3 cm³/mol. The van der Waals surface area contributed by atoms with Gasteiger partial charge >= 0.3 is 5.97 Å². The SMILES string of the molecule is CSc1ccccc1NC(=O)COC(=O)C1C2CC3CC(C2)CC1C3. The van der Waals surface area contributed by atoms with Gasteiger partial charge in [-0.1, -0.05) is 12.1 Å². The van der Waals surface area contributed by atoms with Crippen LogP contribution in [0.2, 0.25) is 0 Å². The molecule has 0 saturated heterocycles. The van der Waals surface area contributed by atoms with Crippen LogP contribution in [0.5, 0.6) is 0 Å². The molecule has 4 nitrogen and oxygen atoms in total. The molecule has 4 saturated carbocycles. The molecular formula is C20H25NO3S. The molecule has 0 unspecified atom stereocenters. The van der Waals surface area contributed by atoms with Crippen molar-refractivity contribution < 1.29 is 14.3 Å². The average Bonchev–Trinajstić information content (AvgIpc) is 2.59. The smallest absolute Gasteiger partial charge is 0.310 e. The first kappa shape index (κ1) is 17.0. The summed E-state index contributed by atoms with van der Waals surface area (Å²) >= 11 is 1.58. The summed E-state index contributed by atoms with van der Waals surface area (Å²) in [6.45, 7) is -0.190. The molecule has 4 aliphatic carbocycles. The maximum atomic E-state index is 12.6. The molecule has 1 N–H and O–H groups in total. The second-order valence-electron chi connectivity index (χ2n) is 7.81. The van der Waals surface area contributed by atoms with Gasteiger partial charge in [-0.05, 0) is 74.2 Å². The molecule has 25 heavy (non-hydrogen) atoms. The number of nitrogens with one attached hydrogen (secondary N) is 1. The molecule has 4 fully saturated rings. The lowest BCUT2D eigenvalue weighted by Crippen LogP contribution is -2.48. The molecule has 0 aliphatic heterocycles. The summed E-state index contributed by atoms with van der Waals surface area (Å²) in [6.07, 6.45) is 8.06. The molecule has 5 rings (SSSR count). The Labute approximate surface area is 153 Å². The fourth-order valence-corrected chi connectivity index (χ4v) is 6.03. The highest BCUT2D eigenvalue weighted by Gasteiger charge is 2.51. The minimum Gasteiger partial charge on any atom is -0.455 e. The van der Waals surface area contributed by atoms with Crippen LogP contribution in [0.3, 0.4) is 0 Å². The van der Waals surface area contributed by atoms with Crippen LogP contribution < -0.4 is 5.32 Å². The normalized spacial score (nSPS) is 32.4. The molecule has 1 aromatic rings. The van der Waals surface area contributed by atoms with E-state index in [0.29, 0.717) is 11.8 Å². The van der Waals surface area contributed by atoms with E-state index in [1.165, 1.54) is 32.1 Å². The van der Waals surface area contributed by atoms with E-state index < -0.39 is 0 Å². The lowest BCUT2D eigenvalue weighted by atomic mass is 9.52. The Kier molecular flexibility index (Phi) is 4.76.